The van der Waals surface area contributed by atoms with E-state index in [2.05, 4.69) is 61.6 Å². The highest BCUT2D eigenvalue weighted by molar-refractivity contribution is 6.62. The molecule has 1 aliphatic carbocycles. The second-order valence-electron chi connectivity index (χ2n) is 8.99. The summed E-state index contributed by atoms with van der Waals surface area (Å²) in [6, 6.07) is 6.15. The Balaban J connectivity index is 1.49. The Labute approximate surface area is 167 Å². The van der Waals surface area contributed by atoms with Gasteiger partial charge in [0.1, 0.15) is 5.69 Å². The first-order chi connectivity index (χ1) is 13.2. The van der Waals surface area contributed by atoms with Gasteiger partial charge in [0, 0.05) is 42.8 Å². The Morgan fingerprint density at radius 3 is 2.25 bits per heavy atom. The molecule has 2 fully saturated rings. The quantitative estimate of drug-likeness (QED) is 0.606. The average Bonchev–Trinajstić information content (AvgIpc) is 3.38. The molecule has 0 N–H and O–H groups in total. The van der Waals surface area contributed by atoms with E-state index in [-0.39, 0.29) is 16.7 Å². The van der Waals surface area contributed by atoms with Crippen LogP contribution < -0.4 is 5.46 Å². The third kappa shape index (κ3) is 3.23. The van der Waals surface area contributed by atoms with Crippen LogP contribution in [-0.4, -0.2) is 28.3 Å². The molecule has 1 saturated carbocycles. The highest BCUT2D eigenvalue weighted by atomic mass is 16.7. The third-order valence-corrected chi connectivity index (χ3v) is 6.34. The van der Waals surface area contributed by atoms with E-state index >= 15 is 0 Å². The van der Waals surface area contributed by atoms with Crippen LogP contribution >= 0.6 is 0 Å². The van der Waals surface area contributed by atoms with Crippen LogP contribution in [0, 0.1) is 13.5 Å². The van der Waals surface area contributed by atoms with Crippen molar-refractivity contribution >= 4 is 12.6 Å². The molecule has 0 atom stereocenters. The Morgan fingerprint density at radius 2 is 1.75 bits per heavy atom. The van der Waals surface area contributed by atoms with Gasteiger partial charge in [0.05, 0.1) is 11.2 Å². The zero-order chi connectivity index (χ0) is 20.2. The van der Waals surface area contributed by atoms with Crippen molar-refractivity contribution in [3.8, 4) is 0 Å². The minimum absolute atomic E-state index is 0.349. The van der Waals surface area contributed by atoms with E-state index in [1.54, 1.807) is 0 Å². The standard InChI is InChI=1S/C22H26BN3O2/c1-15-11-17(12-16-7-8-19(26-13-16)22(24-6)9-10-22)25-14-18(15)23-27-20(2,3)21(4,5)28-23/h7-8,11,13-14H,9-10,12H2,1-5H3. The number of aryl methyl sites for hydroxylation is 1. The minimum atomic E-state index is -0.393. The number of rotatable bonds is 4. The summed E-state index contributed by atoms with van der Waals surface area (Å²) < 4.78 is 12.3. The van der Waals surface area contributed by atoms with Crippen LogP contribution in [-0.2, 0) is 21.3 Å². The van der Waals surface area contributed by atoms with Gasteiger partial charge in [0.15, 0.2) is 0 Å². The maximum Gasteiger partial charge on any atom is 0.496 e. The lowest BCUT2D eigenvalue weighted by molar-refractivity contribution is 0.00578. The van der Waals surface area contributed by atoms with Crippen LogP contribution in [0.2, 0.25) is 0 Å². The number of nitrogens with zero attached hydrogens (tertiary/aromatic N) is 3. The molecule has 2 aromatic heterocycles. The second kappa shape index (κ2) is 6.40. The zero-order valence-corrected chi connectivity index (χ0v) is 17.2. The molecule has 0 aromatic carbocycles. The highest BCUT2D eigenvalue weighted by Gasteiger charge is 2.54. The van der Waals surface area contributed by atoms with Gasteiger partial charge in [-0.1, -0.05) is 6.07 Å². The average molecular weight is 375 g/mol. The molecule has 0 amide bonds. The van der Waals surface area contributed by atoms with Gasteiger partial charge in [-0.15, -0.1) is 0 Å². The normalized spacial score (nSPS) is 21.4. The summed E-state index contributed by atoms with van der Waals surface area (Å²) in [5, 5.41) is 0. The molecule has 0 radical (unpaired) electrons. The molecule has 1 aliphatic heterocycles. The summed E-state index contributed by atoms with van der Waals surface area (Å²) in [4.78, 5) is 12.9. The maximum absolute atomic E-state index is 7.36. The molecular formula is C22H26BN3O2. The molecule has 28 heavy (non-hydrogen) atoms. The summed E-state index contributed by atoms with van der Waals surface area (Å²) in [5.41, 5.74) is 3.99. The van der Waals surface area contributed by atoms with E-state index in [1.165, 1.54) is 0 Å². The van der Waals surface area contributed by atoms with Crippen LogP contribution in [0.25, 0.3) is 4.85 Å². The van der Waals surface area contributed by atoms with Crippen molar-refractivity contribution in [1.82, 2.24) is 9.97 Å². The molecule has 1 saturated heterocycles. The first-order valence-electron chi connectivity index (χ1n) is 9.81. The molecule has 5 nitrogen and oxygen atoms in total. The smallest absolute Gasteiger partial charge is 0.399 e. The number of hydrogen-bond acceptors (Lipinski definition) is 4. The molecular weight excluding hydrogens is 349 g/mol. The van der Waals surface area contributed by atoms with Crippen molar-refractivity contribution in [2.24, 2.45) is 0 Å². The summed E-state index contributed by atoms with van der Waals surface area (Å²) in [6.07, 6.45) is 6.29. The fourth-order valence-electron chi connectivity index (χ4n) is 3.50. The van der Waals surface area contributed by atoms with Gasteiger partial charge in [-0.05, 0) is 57.9 Å². The largest absolute Gasteiger partial charge is 0.496 e. The van der Waals surface area contributed by atoms with Crippen molar-refractivity contribution in [3.05, 3.63) is 64.5 Å². The summed E-state index contributed by atoms with van der Waals surface area (Å²) in [6.45, 7) is 17.6. The topological polar surface area (TPSA) is 48.6 Å². The van der Waals surface area contributed by atoms with Gasteiger partial charge in [0.2, 0.25) is 0 Å². The van der Waals surface area contributed by atoms with Crippen molar-refractivity contribution in [2.45, 2.75) is 70.6 Å². The highest BCUT2D eigenvalue weighted by Crippen LogP contribution is 2.48. The third-order valence-electron chi connectivity index (χ3n) is 6.34. The fraction of sp³-hybridized carbons (Fsp3) is 0.500. The van der Waals surface area contributed by atoms with E-state index in [0.29, 0.717) is 6.42 Å². The zero-order valence-electron chi connectivity index (χ0n) is 17.2. The van der Waals surface area contributed by atoms with Gasteiger partial charge in [0.25, 0.3) is 5.54 Å². The van der Waals surface area contributed by atoms with Crippen molar-refractivity contribution < 1.29 is 9.31 Å². The number of pyridine rings is 2. The molecule has 144 valence electrons. The van der Waals surface area contributed by atoms with E-state index in [9.17, 15) is 0 Å². The van der Waals surface area contributed by atoms with Crippen molar-refractivity contribution in [2.75, 3.05) is 0 Å². The van der Waals surface area contributed by atoms with Crippen molar-refractivity contribution in [1.29, 1.82) is 0 Å². The summed E-state index contributed by atoms with van der Waals surface area (Å²) in [5.74, 6) is 0. The van der Waals surface area contributed by atoms with Gasteiger partial charge < -0.3 is 14.2 Å². The van der Waals surface area contributed by atoms with E-state index in [1.807, 2.05) is 18.5 Å². The molecule has 4 rings (SSSR count). The Hall–Kier alpha value is -2.23. The summed E-state index contributed by atoms with van der Waals surface area (Å²) in [7, 11) is -0.393. The van der Waals surface area contributed by atoms with E-state index < -0.39 is 7.12 Å². The lowest BCUT2D eigenvalue weighted by atomic mass is 9.77. The fourth-order valence-corrected chi connectivity index (χ4v) is 3.50. The SMILES string of the molecule is [C-]#[N+]C1(c2ccc(Cc3cc(C)c(B4OC(C)(C)C(C)(C)O4)cn3)cn2)CC1. The van der Waals surface area contributed by atoms with E-state index in [4.69, 9.17) is 15.9 Å². The molecule has 3 heterocycles. The predicted molar refractivity (Wildman–Crippen MR) is 109 cm³/mol. The van der Waals surface area contributed by atoms with Crippen LogP contribution in [0.3, 0.4) is 0 Å². The monoisotopic (exact) mass is 375 g/mol. The molecule has 6 heteroatoms. The molecule has 2 aliphatic rings. The van der Waals surface area contributed by atoms with Gasteiger partial charge >= 0.3 is 7.12 Å². The Kier molecular flexibility index (Phi) is 4.37. The molecule has 0 bridgehead atoms. The maximum atomic E-state index is 7.36. The number of aromatic nitrogens is 2. The lowest BCUT2D eigenvalue weighted by Crippen LogP contribution is -2.41. The lowest BCUT2D eigenvalue weighted by Gasteiger charge is -2.32. The van der Waals surface area contributed by atoms with Gasteiger partial charge in [-0.25, -0.2) is 6.57 Å². The Bertz CT molecular complexity index is 927. The van der Waals surface area contributed by atoms with Gasteiger partial charge in [-0.2, -0.15) is 0 Å². The van der Waals surface area contributed by atoms with Crippen LogP contribution in [0.4, 0.5) is 0 Å². The van der Waals surface area contributed by atoms with Crippen LogP contribution in [0.5, 0.6) is 0 Å². The molecule has 0 spiro atoms. The second-order valence-corrected chi connectivity index (χ2v) is 8.99. The van der Waals surface area contributed by atoms with Gasteiger partial charge in [-0.3, -0.25) is 9.97 Å². The molecule has 2 aromatic rings. The predicted octanol–water partition coefficient (Wildman–Crippen LogP) is 3.58. The van der Waals surface area contributed by atoms with E-state index in [0.717, 1.165) is 40.8 Å². The Morgan fingerprint density at radius 1 is 1.07 bits per heavy atom. The van der Waals surface area contributed by atoms with Crippen LogP contribution in [0.1, 0.15) is 63.1 Å². The number of hydrogen-bond donors (Lipinski definition) is 0. The first kappa shape index (κ1) is 19.1. The first-order valence-corrected chi connectivity index (χ1v) is 9.81. The minimum Gasteiger partial charge on any atom is -0.399 e. The summed E-state index contributed by atoms with van der Waals surface area (Å²) >= 11 is 0. The van der Waals surface area contributed by atoms with Crippen molar-refractivity contribution in [3.63, 3.8) is 0 Å². The van der Waals surface area contributed by atoms with Crippen LogP contribution in [0.15, 0.2) is 30.6 Å². The molecule has 0 unspecified atom stereocenters.